The quantitative estimate of drug-likeness (QED) is 0.721. The minimum atomic E-state index is -0.480. The van der Waals surface area contributed by atoms with Gasteiger partial charge in [-0.3, -0.25) is 4.79 Å². The number of carbonyl (C=O) groups excluding carboxylic acids is 2. The summed E-state index contributed by atoms with van der Waals surface area (Å²) in [6.07, 6.45) is 0. The second kappa shape index (κ2) is 6.84. The van der Waals surface area contributed by atoms with E-state index >= 15 is 0 Å². The number of hydrogen-bond donors (Lipinski definition) is 1. The third-order valence-corrected chi connectivity index (χ3v) is 4.56. The number of benzene rings is 2. The van der Waals surface area contributed by atoms with Crippen LogP contribution in [0.5, 0.6) is 0 Å². The van der Waals surface area contributed by atoms with Crippen LogP contribution in [0.2, 0.25) is 0 Å². The highest BCUT2D eigenvalue weighted by Gasteiger charge is 2.13. The van der Waals surface area contributed by atoms with Crippen LogP contribution in [-0.4, -0.2) is 18.5 Å². The second-order valence-corrected chi connectivity index (χ2v) is 6.73. The van der Waals surface area contributed by atoms with Crippen molar-refractivity contribution in [1.29, 1.82) is 0 Å². The molecule has 0 aliphatic rings. The number of hydrogen-bond acceptors (Lipinski definition) is 4. The highest BCUT2D eigenvalue weighted by Crippen LogP contribution is 2.25. The number of rotatable bonds is 4. The normalized spacial score (nSPS) is 10.6. The van der Waals surface area contributed by atoms with Gasteiger partial charge in [0.15, 0.2) is 6.61 Å². The van der Waals surface area contributed by atoms with Gasteiger partial charge in [0.25, 0.3) is 5.91 Å². The largest absolute Gasteiger partial charge is 0.451 e. The molecular weight excluding hydrogens is 322 g/mol. The first-order valence-corrected chi connectivity index (χ1v) is 8.37. The first-order chi connectivity index (χ1) is 11.5. The van der Waals surface area contributed by atoms with Crippen LogP contribution in [-0.2, 0) is 9.53 Å². The molecule has 0 radical (unpaired) electrons. The zero-order valence-corrected chi connectivity index (χ0v) is 14.3. The molecule has 5 heteroatoms. The van der Waals surface area contributed by atoms with Crippen molar-refractivity contribution in [3.05, 3.63) is 64.5 Å². The fourth-order valence-corrected chi connectivity index (χ4v) is 3.49. The number of thiophene rings is 1. The summed E-state index contributed by atoms with van der Waals surface area (Å²) in [4.78, 5) is 24.5. The summed E-state index contributed by atoms with van der Waals surface area (Å²) >= 11 is 1.36. The van der Waals surface area contributed by atoms with Crippen molar-refractivity contribution in [2.45, 2.75) is 13.8 Å². The zero-order chi connectivity index (χ0) is 17.1. The first-order valence-electron chi connectivity index (χ1n) is 7.55. The number of esters is 1. The number of anilines is 1. The van der Waals surface area contributed by atoms with Crippen LogP contribution in [0.4, 0.5) is 5.69 Å². The zero-order valence-electron chi connectivity index (χ0n) is 13.5. The van der Waals surface area contributed by atoms with Crippen LogP contribution >= 0.6 is 11.3 Å². The van der Waals surface area contributed by atoms with Gasteiger partial charge in [0.05, 0.1) is 0 Å². The molecule has 0 atom stereocenters. The van der Waals surface area contributed by atoms with Gasteiger partial charge in [-0.25, -0.2) is 4.79 Å². The van der Waals surface area contributed by atoms with Gasteiger partial charge in [-0.2, -0.15) is 0 Å². The highest BCUT2D eigenvalue weighted by molar-refractivity contribution is 7.20. The van der Waals surface area contributed by atoms with Crippen molar-refractivity contribution in [3.63, 3.8) is 0 Å². The minimum absolute atomic E-state index is 0.305. The lowest BCUT2D eigenvalue weighted by Gasteiger charge is -2.08. The van der Waals surface area contributed by atoms with E-state index in [0.29, 0.717) is 10.6 Å². The van der Waals surface area contributed by atoms with Crippen LogP contribution in [0, 0.1) is 13.8 Å². The standard InChI is InChI=1S/C19H17NO3S/c1-12-7-13(2)9-15(8-12)20-18(21)11-23-19(22)17-10-14-5-3-4-6-16(14)24-17/h3-10H,11H2,1-2H3,(H,20,21). The molecule has 1 amide bonds. The van der Waals surface area contributed by atoms with Crippen LogP contribution in [0.3, 0.4) is 0 Å². The lowest BCUT2D eigenvalue weighted by Crippen LogP contribution is -2.20. The van der Waals surface area contributed by atoms with Crippen molar-refractivity contribution in [1.82, 2.24) is 0 Å². The van der Waals surface area contributed by atoms with E-state index in [4.69, 9.17) is 4.74 Å². The predicted molar refractivity (Wildman–Crippen MR) is 96.7 cm³/mol. The van der Waals surface area contributed by atoms with Gasteiger partial charge >= 0.3 is 5.97 Å². The molecule has 0 aliphatic carbocycles. The summed E-state index contributed by atoms with van der Waals surface area (Å²) in [6.45, 7) is 3.62. The molecule has 0 bridgehead atoms. The maximum atomic E-state index is 12.1. The third kappa shape index (κ3) is 3.81. The Balaban J connectivity index is 1.60. The maximum Gasteiger partial charge on any atom is 0.348 e. The molecule has 0 saturated heterocycles. The Hall–Kier alpha value is -2.66. The molecule has 0 unspecified atom stereocenters. The van der Waals surface area contributed by atoms with Gasteiger partial charge in [0, 0.05) is 10.4 Å². The topological polar surface area (TPSA) is 55.4 Å². The number of fused-ring (bicyclic) bond motifs is 1. The highest BCUT2D eigenvalue weighted by atomic mass is 32.1. The molecule has 1 N–H and O–H groups in total. The van der Waals surface area contributed by atoms with E-state index in [1.54, 1.807) is 6.07 Å². The van der Waals surface area contributed by atoms with E-state index in [-0.39, 0.29) is 12.5 Å². The van der Waals surface area contributed by atoms with Gasteiger partial charge in [0.2, 0.25) is 0 Å². The summed E-state index contributed by atoms with van der Waals surface area (Å²) in [7, 11) is 0. The van der Waals surface area contributed by atoms with Crippen LogP contribution < -0.4 is 5.32 Å². The Kier molecular flexibility index (Phi) is 4.62. The summed E-state index contributed by atoms with van der Waals surface area (Å²) in [5.41, 5.74) is 2.83. The molecule has 0 saturated carbocycles. The molecule has 1 heterocycles. The monoisotopic (exact) mass is 339 g/mol. The molecule has 0 fully saturated rings. The van der Waals surface area contributed by atoms with Crippen LogP contribution in [0.1, 0.15) is 20.8 Å². The fourth-order valence-electron chi connectivity index (χ4n) is 2.53. The van der Waals surface area contributed by atoms with Crippen molar-refractivity contribution < 1.29 is 14.3 Å². The Labute approximate surface area is 144 Å². The van der Waals surface area contributed by atoms with Gasteiger partial charge in [-0.05, 0) is 54.6 Å². The van der Waals surface area contributed by atoms with E-state index in [9.17, 15) is 9.59 Å². The molecule has 122 valence electrons. The Morgan fingerprint density at radius 1 is 1.04 bits per heavy atom. The van der Waals surface area contributed by atoms with Crippen molar-refractivity contribution >= 4 is 39.0 Å². The number of amides is 1. The van der Waals surface area contributed by atoms with Gasteiger partial charge in [-0.15, -0.1) is 11.3 Å². The maximum absolute atomic E-state index is 12.1. The second-order valence-electron chi connectivity index (χ2n) is 5.65. The van der Waals surface area contributed by atoms with Gasteiger partial charge in [0.1, 0.15) is 4.88 Å². The van der Waals surface area contributed by atoms with Crippen molar-refractivity contribution in [3.8, 4) is 0 Å². The molecule has 4 nitrogen and oxygen atoms in total. The molecule has 2 aromatic carbocycles. The predicted octanol–water partition coefficient (Wildman–Crippen LogP) is 4.31. The molecule has 3 aromatic rings. The SMILES string of the molecule is Cc1cc(C)cc(NC(=O)COC(=O)c2cc3ccccc3s2)c1. The number of nitrogens with one attached hydrogen (secondary N) is 1. The molecular formula is C19H17NO3S. The third-order valence-electron chi connectivity index (χ3n) is 3.47. The van der Waals surface area contributed by atoms with Crippen LogP contribution in [0.25, 0.3) is 10.1 Å². The Bertz CT molecular complexity index is 861. The smallest absolute Gasteiger partial charge is 0.348 e. The molecule has 3 rings (SSSR count). The summed E-state index contributed by atoms with van der Waals surface area (Å²) in [5, 5.41) is 3.74. The molecule has 0 spiro atoms. The van der Waals surface area contributed by atoms with Crippen LogP contribution in [0.15, 0.2) is 48.5 Å². The van der Waals surface area contributed by atoms with E-state index in [0.717, 1.165) is 21.2 Å². The summed E-state index contributed by atoms with van der Waals surface area (Å²) in [6, 6.07) is 15.3. The summed E-state index contributed by atoms with van der Waals surface area (Å²) in [5.74, 6) is -0.832. The van der Waals surface area contributed by atoms with E-state index in [2.05, 4.69) is 5.32 Å². The van der Waals surface area contributed by atoms with E-state index < -0.39 is 5.97 Å². The van der Waals surface area contributed by atoms with E-state index in [1.165, 1.54) is 11.3 Å². The lowest BCUT2D eigenvalue weighted by atomic mass is 10.1. The minimum Gasteiger partial charge on any atom is -0.451 e. The van der Waals surface area contributed by atoms with Gasteiger partial charge < -0.3 is 10.1 Å². The average molecular weight is 339 g/mol. The molecule has 24 heavy (non-hydrogen) atoms. The average Bonchev–Trinajstić information content (AvgIpc) is 2.95. The number of ether oxygens (including phenoxy) is 1. The number of aryl methyl sites for hydroxylation is 2. The Morgan fingerprint density at radius 3 is 2.46 bits per heavy atom. The van der Waals surface area contributed by atoms with E-state index in [1.807, 2.05) is 56.3 Å². The summed E-state index contributed by atoms with van der Waals surface area (Å²) < 4.78 is 6.13. The van der Waals surface area contributed by atoms with Crippen molar-refractivity contribution in [2.24, 2.45) is 0 Å². The lowest BCUT2D eigenvalue weighted by molar-refractivity contribution is -0.119. The first kappa shape index (κ1) is 16.2. The van der Waals surface area contributed by atoms with Gasteiger partial charge in [-0.1, -0.05) is 24.3 Å². The van der Waals surface area contributed by atoms with Crippen molar-refractivity contribution in [2.75, 3.05) is 11.9 Å². The number of carbonyl (C=O) groups is 2. The fraction of sp³-hybridized carbons (Fsp3) is 0.158. The molecule has 1 aromatic heterocycles. The molecule has 0 aliphatic heterocycles. The Morgan fingerprint density at radius 2 is 1.75 bits per heavy atom.